The molecule has 1 aliphatic heterocycles. The van der Waals surface area contributed by atoms with E-state index in [0.717, 1.165) is 24.7 Å². The van der Waals surface area contributed by atoms with Crippen molar-refractivity contribution in [3.05, 3.63) is 69.5 Å². The first-order chi connectivity index (χ1) is 15.0. The summed E-state index contributed by atoms with van der Waals surface area (Å²) in [5, 5.41) is 1.44. The minimum absolute atomic E-state index is 0.0946. The largest absolute Gasteiger partial charge is 0.493 e. The van der Waals surface area contributed by atoms with Crippen molar-refractivity contribution in [3.63, 3.8) is 0 Å². The van der Waals surface area contributed by atoms with Gasteiger partial charge in [0.1, 0.15) is 5.58 Å². The molecule has 1 saturated heterocycles. The Kier molecular flexibility index (Phi) is 6.44. The van der Waals surface area contributed by atoms with Crippen LogP contribution in [-0.4, -0.2) is 55.6 Å². The summed E-state index contributed by atoms with van der Waals surface area (Å²) in [6.45, 7) is 3.57. The molecule has 162 valence electrons. The summed E-state index contributed by atoms with van der Waals surface area (Å²) in [6.07, 6.45) is 0. The predicted molar refractivity (Wildman–Crippen MR) is 118 cm³/mol. The van der Waals surface area contributed by atoms with E-state index in [-0.39, 0.29) is 12.5 Å². The molecule has 1 aliphatic rings. The first-order valence-electron chi connectivity index (χ1n) is 10.0. The van der Waals surface area contributed by atoms with Gasteiger partial charge in [-0.05, 0) is 29.8 Å². The second kappa shape index (κ2) is 9.41. The second-order valence-corrected chi connectivity index (χ2v) is 7.80. The number of amides is 1. The van der Waals surface area contributed by atoms with Crippen LogP contribution in [-0.2, 0) is 11.3 Å². The van der Waals surface area contributed by atoms with Crippen molar-refractivity contribution in [3.8, 4) is 11.5 Å². The number of halogens is 1. The number of methoxy groups -OCH3 is 1. The fourth-order valence-electron chi connectivity index (χ4n) is 3.58. The van der Waals surface area contributed by atoms with Crippen LogP contribution in [0.25, 0.3) is 11.0 Å². The summed E-state index contributed by atoms with van der Waals surface area (Å²) in [4.78, 5) is 28.2. The van der Waals surface area contributed by atoms with Crippen molar-refractivity contribution in [1.29, 1.82) is 0 Å². The SMILES string of the molecule is COc1cc2ccc(=O)oc2cc1OCC(=O)N1CCN(Cc2ccc(Cl)cc2)CC1. The number of hydrogen-bond donors (Lipinski definition) is 0. The van der Waals surface area contributed by atoms with E-state index in [0.29, 0.717) is 35.6 Å². The average molecular weight is 443 g/mol. The lowest BCUT2D eigenvalue weighted by Gasteiger charge is -2.34. The van der Waals surface area contributed by atoms with Crippen LogP contribution in [0.5, 0.6) is 11.5 Å². The minimum atomic E-state index is -0.448. The molecule has 0 unspecified atom stereocenters. The van der Waals surface area contributed by atoms with Crippen molar-refractivity contribution >= 4 is 28.5 Å². The van der Waals surface area contributed by atoms with Gasteiger partial charge in [-0.2, -0.15) is 0 Å². The third-order valence-corrected chi connectivity index (χ3v) is 5.55. The van der Waals surface area contributed by atoms with Gasteiger partial charge in [0.25, 0.3) is 5.91 Å². The van der Waals surface area contributed by atoms with Crippen LogP contribution < -0.4 is 15.1 Å². The van der Waals surface area contributed by atoms with Gasteiger partial charge in [-0.1, -0.05) is 23.7 Å². The molecule has 0 spiro atoms. The average Bonchev–Trinajstić information content (AvgIpc) is 2.78. The van der Waals surface area contributed by atoms with Gasteiger partial charge in [-0.25, -0.2) is 4.79 Å². The fraction of sp³-hybridized carbons (Fsp3) is 0.304. The Morgan fingerprint density at radius 3 is 2.48 bits per heavy atom. The second-order valence-electron chi connectivity index (χ2n) is 7.37. The highest BCUT2D eigenvalue weighted by molar-refractivity contribution is 6.30. The zero-order valence-corrected chi connectivity index (χ0v) is 17.9. The number of carbonyl (C=O) groups is 1. The Morgan fingerprint density at radius 2 is 1.77 bits per heavy atom. The summed E-state index contributed by atoms with van der Waals surface area (Å²) in [5.41, 5.74) is 1.13. The van der Waals surface area contributed by atoms with Gasteiger partial charge in [0.2, 0.25) is 0 Å². The summed E-state index contributed by atoms with van der Waals surface area (Å²) < 4.78 is 16.3. The van der Waals surface area contributed by atoms with E-state index in [1.54, 1.807) is 23.1 Å². The summed E-state index contributed by atoms with van der Waals surface area (Å²) in [5.74, 6) is 0.740. The van der Waals surface area contributed by atoms with Crippen LogP contribution in [0.3, 0.4) is 0 Å². The van der Waals surface area contributed by atoms with Gasteiger partial charge in [0.05, 0.1) is 7.11 Å². The molecule has 0 aliphatic carbocycles. The predicted octanol–water partition coefficient (Wildman–Crippen LogP) is 3.18. The van der Waals surface area contributed by atoms with Gasteiger partial charge in [-0.3, -0.25) is 9.69 Å². The first-order valence-corrected chi connectivity index (χ1v) is 10.4. The Labute approximate surface area is 184 Å². The molecule has 0 bridgehead atoms. The van der Waals surface area contributed by atoms with Crippen LogP contribution in [0.2, 0.25) is 5.02 Å². The minimum Gasteiger partial charge on any atom is -0.493 e. The molecule has 31 heavy (non-hydrogen) atoms. The van der Waals surface area contributed by atoms with Crippen molar-refractivity contribution in [2.75, 3.05) is 39.9 Å². The number of hydrogen-bond acceptors (Lipinski definition) is 6. The summed E-state index contributed by atoms with van der Waals surface area (Å²) in [7, 11) is 1.52. The lowest BCUT2D eigenvalue weighted by molar-refractivity contribution is -0.135. The molecule has 0 radical (unpaired) electrons. The maximum atomic E-state index is 12.6. The molecular formula is C23H23ClN2O5. The van der Waals surface area contributed by atoms with Crippen molar-refractivity contribution in [2.45, 2.75) is 6.54 Å². The lowest BCUT2D eigenvalue weighted by atomic mass is 10.2. The highest BCUT2D eigenvalue weighted by Crippen LogP contribution is 2.31. The maximum absolute atomic E-state index is 12.6. The van der Waals surface area contributed by atoms with Crippen LogP contribution in [0, 0.1) is 0 Å². The molecule has 1 amide bonds. The zero-order chi connectivity index (χ0) is 21.8. The topological polar surface area (TPSA) is 72.2 Å². The van der Waals surface area contributed by atoms with E-state index in [4.69, 9.17) is 25.5 Å². The molecule has 7 nitrogen and oxygen atoms in total. The van der Waals surface area contributed by atoms with Crippen LogP contribution in [0.4, 0.5) is 0 Å². The van der Waals surface area contributed by atoms with E-state index in [9.17, 15) is 9.59 Å². The van der Waals surface area contributed by atoms with E-state index in [2.05, 4.69) is 4.90 Å². The third kappa shape index (κ3) is 5.18. The molecule has 0 saturated carbocycles. The number of carbonyl (C=O) groups excluding carboxylic acids is 1. The Morgan fingerprint density at radius 1 is 1.03 bits per heavy atom. The molecule has 2 aromatic carbocycles. The Bertz CT molecular complexity index is 1120. The zero-order valence-electron chi connectivity index (χ0n) is 17.2. The molecule has 1 aromatic heterocycles. The van der Waals surface area contributed by atoms with Gasteiger partial charge < -0.3 is 18.8 Å². The molecule has 3 aromatic rings. The van der Waals surface area contributed by atoms with E-state index >= 15 is 0 Å². The normalized spacial score (nSPS) is 14.6. The standard InChI is InChI=1S/C23H23ClN2O5/c1-29-20-12-17-4-7-23(28)31-19(17)13-21(20)30-15-22(27)26-10-8-25(9-11-26)14-16-2-5-18(24)6-3-16/h2-7,12-13H,8-11,14-15H2,1H3. The Hall–Kier alpha value is -3.03. The molecular weight excluding hydrogens is 420 g/mol. The van der Waals surface area contributed by atoms with E-state index in [1.165, 1.54) is 18.7 Å². The van der Waals surface area contributed by atoms with Crippen LogP contribution in [0.15, 0.2) is 57.7 Å². The quantitative estimate of drug-likeness (QED) is 0.546. The molecule has 1 fully saturated rings. The first kappa shape index (κ1) is 21.2. The smallest absolute Gasteiger partial charge is 0.336 e. The van der Waals surface area contributed by atoms with E-state index in [1.807, 2.05) is 24.3 Å². The highest BCUT2D eigenvalue weighted by Gasteiger charge is 2.22. The number of ether oxygens (including phenoxy) is 2. The number of benzene rings is 2. The molecule has 2 heterocycles. The monoisotopic (exact) mass is 442 g/mol. The molecule has 8 heteroatoms. The van der Waals surface area contributed by atoms with Crippen LogP contribution >= 0.6 is 11.6 Å². The van der Waals surface area contributed by atoms with Gasteiger partial charge in [-0.15, -0.1) is 0 Å². The number of piperazine rings is 1. The number of fused-ring (bicyclic) bond motifs is 1. The Balaban J connectivity index is 1.33. The van der Waals surface area contributed by atoms with Crippen molar-refractivity contribution < 1.29 is 18.7 Å². The third-order valence-electron chi connectivity index (χ3n) is 5.30. The van der Waals surface area contributed by atoms with Gasteiger partial charge in [0, 0.05) is 55.3 Å². The number of nitrogens with zero attached hydrogens (tertiary/aromatic N) is 2. The van der Waals surface area contributed by atoms with Gasteiger partial charge >= 0.3 is 5.63 Å². The van der Waals surface area contributed by atoms with Crippen molar-refractivity contribution in [2.24, 2.45) is 0 Å². The lowest BCUT2D eigenvalue weighted by Crippen LogP contribution is -2.49. The van der Waals surface area contributed by atoms with Crippen molar-refractivity contribution in [1.82, 2.24) is 9.80 Å². The fourth-order valence-corrected chi connectivity index (χ4v) is 3.71. The maximum Gasteiger partial charge on any atom is 0.336 e. The summed E-state index contributed by atoms with van der Waals surface area (Å²) >= 11 is 5.94. The van der Waals surface area contributed by atoms with Gasteiger partial charge in [0.15, 0.2) is 18.1 Å². The highest BCUT2D eigenvalue weighted by atomic mass is 35.5. The van der Waals surface area contributed by atoms with Crippen LogP contribution in [0.1, 0.15) is 5.56 Å². The summed E-state index contributed by atoms with van der Waals surface area (Å²) in [6, 6.07) is 14.1. The number of rotatable bonds is 6. The molecule has 0 atom stereocenters. The van der Waals surface area contributed by atoms with E-state index < -0.39 is 5.63 Å². The molecule has 4 rings (SSSR count). The molecule has 0 N–H and O–H groups in total.